The maximum absolute atomic E-state index is 12.7. The highest BCUT2D eigenvalue weighted by atomic mass is 16.5. The molecule has 0 saturated carbocycles. The van der Waals surface area contributed by atoms with Gasteiger partial charge in [-0.3, -0.25) is 0 Å². The molecule has 0 heterocycles. The lowest BCUT2D eigenvalue weighted by molar-refractivity contribution is 0.0588. The van der Waals surface area contributed by atoms with E-state index in [1.54, 1.807) is 36.4 Å². The predicted molar refractivity (Wildman–Crippen MR) is 126 cm³/mol. The van der Waals surface area contributed by atoms with Gasteiger partial charge in [0.15, 0.2) is 0 Å². The maximum atomic E-state index is 12.7. The van der Waals surface area contributed by atoms with Gasteiger partial charge in [0.05, 0.1) is 28.4 Å². The number of hydrogen-bond donors (Lipinski definition) is 2. The van der Waals surface area contributed by atoms with Crippen LogP contribution >= 0.6 is 0 Å². The fourth-order valence-corrected chi connectivity index (χ4v) is 4.26. The summed E-state index contributed by atoms with van der Waals surface area (Å²) in [5.74, 6) is -1.39. The third-order valence-electron chi connectivity index (χ3n) is 5.66. The molecule has 0 saturated heterocycles. The first-order valence-corrected chi connectivity index (χ1v) is 10.2. The van der Waals surface area contributed by atoms with Crippen molar-refractivity contribution in [3.05, 3.63) is 59.7 Å². The highest BCUT2D eigenvalue weighted by molar-refractivity contribution is 6.18. The lowest BCUT2D eigenvalue weighted by Gasteiger charge is -2.22. The molecular formula is C26H22O8. The number of ether oxygens (including phenoxy) is 4. The number of aromatic hydroxyl groups is 2. The molecular weight excluding hydrogens is 440 g/mol. The van der Waals surface area contributed by atoms with Crippen LogP contribution in [0.15, 0.2) is 48.5 Å². The monoisotopic (exact) mass is 462 g/mol. The molecule has 0 radical (unpaired) electrons. The van der Waals surface area contributed by atoms with E-state index in [1.165, 1.54) is 40.6 Å². The zero-order valence-corrected chi connectivity index (χ0v) is 19.0. The minimum atomic E-state index is -0.667. The fourth-order valence-electron chi connectivity index (χ4n) is 4.26. The van der Waals surface area contributed by atoms with E-state index in [2.05, 4.69) is 0 Å². The van der Waals surface area contributed by atoms with Gasteiger partial charge in [-0.15, -0.1) is 0 Å². The van der Waals surface area contributed by atoms with Gasteiger partial charge in [-0.2, -0.15) is 0 Å². The van der Waals surface area contributed by atoms with Crippen LogP contribution in [0.4, 0.5) is 0 Å². The zero-order valence-electron chi connectivity index (χ0n) is 19.0. The summed E-state index contributed by atoms with van der Waals surface area (Å²) < 4.78 is 21.3. The number of carbonyl (C=O) groups is 2. The number of carbonyl (C=O) groups excluding carboxylic acids is 2. The highest BCUT2D eigenvalue weighted by Crippen LogP contribution is 2.52. The van der Waals surface area contributed by atoms with Crippen molar-refractivity contribution in [2.45, 2.75) is 0 Å². The molecule has 0 aromatic heterocycles. The van der Waals surface area contributed by atoms with E-state index in [1.807, 2.05) is 0 Å². The van der Waals surface area contributed by atoms with Crippen LogP contribution in [0.25, 0.3) is 32.7 Å². The van der Waals surface area contributed by atoms with Crippen molar-refractivity contribution in [1.29, 1.82) is 0 Å². The number of fused-ring (bicyclic) bond motifs is 2. The van der Waals surface area contributed by atoms with Gasteiger partial charge in [0.1, 0.15) is 34.1 Å². The molecule has 0 bridgehead atoms. The van der Waals surface area contributed by atoms with Crippen LogP contribution in [0.1, 0.15) is 20.7 Å². The first-order chi connectivity index (χ1) is 16.4. The van der Waals surface area contributed by atoms with Gasteiger partial charge in [0, 0.05) is 21.9 Å². The van der Waals surface area contributed by atoms with Crippen LogP contribution in [0.2, 0.25) is 0 Å². The lowest BCUT2D eigenvalue weighted by atomic mass is 9.88. The molecule has 8 nitrogen and oxygen atoms in total. The normalized spacial score (nSPS) is 10.8. The Morgan fingerprint density at radius 1 is 0.647 bits per heavy atom. The van der Waals surface area contributed by atoms with Gasteiger partial charge in [-0.1, -0.05) is 24.3 Å². The average Bonchev–Trinajstić information content (AvgIpc) is 2.85. The van der Waals surface area contributed by atoms with Crippen LogP contribution in [0, 0.1) is 0 Å². The largest absolute Gasteiger partial charge is 0.507 e. The van der Waals surface area contributed by atoms with Gasteiger partial charge in [0.2, 0.25) is 0 Å². The van der Waals surface area contributed by atoms with E-state index in [0.717, 1.165) is 0 Å². The van der Waals surface area contributed by atoms with Gasteiger partial charge in [0.25, 0.3) is 0 Å². The van der Waals surface area contributed by atoms with Crippen molar-refractivity contribution in [3.8, 4) is 34.1 Å². The summed E-state index contributed by atoms with van der Waals surface area (Å²) >= 11 is 0. The van der Waals surface area contributed by atoms with Crippen LogP contribution in [-0.2, 0) is 9.47 Å². The predicted octanol–water partition coefficient (Wildman–Crippen LogP) is 4.66. The number of benzene rings is 4. The molecule has 0 unspecified atom stereocenters. The smallest absolute Gasteiger partial charge is 0.341 e. The van der Waals surface area contributed by atoms with Gasteiger partial charge < -0.3 is 29.2 Å². The number of phenolic OH excluding ortho intramolecular Hbond substituents is 2. The van der Waals surface area contributed by atoms with Gasteiger partial charge >= 0.3 is 11.9 Å². The lowest BCUT2D eigenvalue weighted by Crippen LogP contribution is -2.08. The molecule has 34 heavy (non-hydrogen) atoms. The Hall–Kier alpha value is -4.46. The van der Waals surface area contributed by atoms with E-state index in [-0.39, 0.29) is 45.3 Å². The minimum Gasteiger partial charge on any atom is -0.507 e. The van der Waals surface area contributed by atoms with Crippen LogP contribution < -0.4 is 9.47 Å². The Labute approximate surface area is 194 Å². The number of methoxy groups -OCH3 is 4. The summed E-state index contributed by atoms with van der Waals surface area (Å²) in [6, 6.07) is 12.7. The molecule has 0 fully saturated rings. The molecule has 0 spiro atoms. The topological polar surface area (TPSA) is 112 Å². The molecule has 0 aliphatic heterocycles. The standard InChI is InChI=1S/C26H22O8/c1-31-23-15(25(29)33-3)11-13-7-5-9-17(27)19(13)21(23)22-20-14(8-6-10-18(20)28)12-16(24(22)32-2)26(30)34-4/h5-12,27-28H,1-4H3. The van der Waals surface area contributed by atoms with Gasteiger partial charge in [-0.05, 0) is 35.0 Å². The summed E-state index contributed by atoms with van der Waals surface area (Å²) in [4.78, 5) is 25.4. The minimum absolute atomic E-state index is 0.0747. The van der Waals surface area contributed by atoms with Crippen molar-refractivity contribution < 1.29 is 38.7 Å². The van der Waals surface area contributed by atoms with E-state index in [9.17, 15) is 19.8 Å². The fraction of sp³-hybridized carbons (Fsp3) is 0.154. The third-order valence-corrected chi connectivity index (χ3v) is 5.66. The zero-order chi connectivity index (χ0) is 24.6. The second-order valence-corrected chi connectivity index (χ2v) is 7.40. The SMILES string of the molecule is COC(=O)c1cc2cccc(O)c2c(-c2c(OC)c(C(=O)OC)cc3cccc(O)c23)c1OC. The molecule has 0 aliphatic carbocycles. The molecule has 174 valence electrons. The first-order valence-electron chi connectivity index (χ1n) is 10.2. The Bertz CT molecular complexity index is 1340. The molecule has 8 heteroatoms. The summed E-state index contributed by atoms with van der Waals surface area (Å²) in [6.07, 6.45) is 0. The molecule has 4 aromatic rings. The quantitative estimate of drug-likeness (QED) is 0.412. The molecule has 2 N–H and O–H groups in total. The third kappa shape index (κ3) is 3.40. The number of hydrogen-bond acceptors (Lipinski definition) is 8. The molecule has 0 atom stereocenters. The van der Waals surface area contributed by atoms with Crippen molar-refractivity contribution in [3.63, 3.8) is 0 Å². The first kappa shape index (κ1) is 22.7. The Morgan fingerprint density at radius 2 is 1.03 bits per heavy atom. The highest BCUT2D eigenvalue weighted by Gasteiger charge is 2.30. The van der Waals surface area contributed by atoms with Crippen molar-refractivity contribution in [2.24, 2.45) is 0 Å². The summed E-state index contributed by atoms with van der Waals surface area (Å²) in [5, 5.41) is 23.4. The number of rotatable bonds is 5. The summed E-state index contributed by atoms with van der Waals surface area (Å²) in [5.41, 5.74) is 0.666. The van der Waals surface area contributed by atoms with E-state index >= 15 is 0 Å². The van der Waals surface area contributed by atoms with E-state index < -0.39 is 11.9 Å². The Kier molecular flexibility index (Phi) is 5.89. The summed E-state index contributed by atoms with van der Waals surface area (Å²) in [6.45, 7) is 0. The molecule has 0 aliphatic rings. The van der Waals surface area contributed by atoms with Crippen molar-refractivity contribution >= 4 is 33.5 Å². The average molecular weight is 462 g/mol. The van der Waals surface area contributed by atoms with E-state index in [4.69, 9.17) is 18.9 Å². The maximum Gasteiger partial charge on any atom is 0.341 e. The van der Waals surface area contributed by atoms with Gasteiger partial charge in [-0.25, -0.2) is 9.59 Å². The van der Waals surface area contributed by atoms with Crippen molar-refractivity contribution in [1.82, 2.24) is 0 Å². The van der Waals surface area contributed by atoms with Crippen LogP contribution in [0.3, 0.4) is 0 Å². The second kappa shape index (κ2) is 8.82. The van der Waals surface area contributed by atoms with Crippen LogP contribution in [0.5, 0.6) is 23.0 Å². The molecule has 4 rings (SSSR count). The van der Waals surface area contributed by atoms with E-state index in [0.29, 0.717) is 21.5 Å². The number of phenols is 2. The van der Waals surface area contributed by atoms with Crippen LogP contribution in [-0.4, -0.2) is 50.6 Å². The Morgan fingerprint density at radius 3 is 1.35 bits per heavy atom. The van der Waals surface area contributed by atoms with Crippen molar-refractivity contribution in [2.75, 3.05) is 28.4 Å². The molecule has 4 aromatic carbocycles. The Balaban J connectivity index is 2.36. The summed E-state index contributed by atoms with van der Waals surface area (Å²) in [7, 11) is 5.23. The molecule has 0 amide bonds. The second-order valence-electron chi connectivity index (χ2n) is 7.40. The number of esters is 2.